The first kappa shape index (κ1) is 28.7. The third-order valence-corrected chi connectivity index (χ3v) is 6.30. The van der Waals surface area contributed by atoms with Crippen molar-refractivity contribution in [3.05, 3.63) is 78.2 Å². The van der Waals surface area contributed by atoms with Gasteiger partial charge in [-0.2, -0.15) is 0 Å². The number of anilines is 2. The number of likely N-dealkylation sites (N-methyl/N-ethyl adjacent to an activating group) is 1. The van der Waals surface area contributed by atoms with Crippen LogP contribution >= 0.6 is 0 Å². The normalized spacial score (nSPS) is 17.5. The molecule has 9 heteroatoms. The molecule has 202 valence electrons. The maximum absolute atomic E-state index is 13.3. The van der Waals surface area contributed by atoms with Gasteiger partial charge < -0.3 is 30.2 Å². The van der Waals surface area contributed by atoms with Crippen molar-refractivity contribution in [1.82, 2.24) is 15.3 Å². The number of hydrogen-bond acceptors (Lipinski definition) is 8. The number of β-amino-alcohol motifs (C(OH)–C–C–N with tert-alkyl or cyclic N) is 1. The lowest BCUT2D eigenvalue weighted by atomic mass is 9.87. The minimum absolute atomic E-state index is 0.0680. The molecule has 1 saturated heterocycles. The fourth-order valence-electron chi connectivity index (χ4n) is 4.07. The topological polar surface area (TPSA) is 117 Å². The number of aromatic nitrogens is 2. The smallest absolute Gasteiger partial charge is 0.251 e. The molecule has 3 N–H and O–H groups in total. The van der Waals surface area contributed by atoms with Gasteiger partial charge in [0, 0.05) is 43.3 Å². The maximum atomic E-state index is 13.3. The second-order valence-corrected chi connectivity index (χ2v) is 10.2. The molecule has 1 amide bonds. The van der Waals surface area contributed by atoms with Crippen molar-refractivity contribution in [1.29, 1.82) is 0 Å². The number of methoxy groups -OCH3 is 1. The fourth-order valence-corrected chi connectivity index (χ4v) is 4.07. The zero-order valence-corrected chi connectivity index (χ0v) is 22.6. The first-order valence-corrected chi connectivity index (χ1v) is 12.5. The standard InChI is InChI=1S/C24H28N4O2.C5H9NO2/c1-24(2,3)18-8-11-20(12-9-18)28(4)22(17-7-6-14-25-15-17)23(29)27-19-10-13-21(30-5)26-16-19;7-3-4-1-5(8)2-6-4/h6-16,22H,1-5H3,(H,27,29);3-6,8H,1-2H2. The minimum atomic E-state index is -0.554. The van der Waals surface area contributed by atoms with Crippen molar-refractivity contribution in [3.8, 4) is 5.88 Å². The summed E-state index contributed by atoms with van der Waals surface area (Å²) in [6, 6.07) is 14.9. The highest BCUT2D eigenvalue weighted by Gasteiger charge is 2.27. The lowest BCUT2D eigenvalue weighted by molar-refractivity contribution is -0.117. The number of benzene rings is 1. The summed E-state index contributed by atoms with van der Waals surface area (Å²) in [5.41, 5.74) is 3.66. The number of carbonyl (C=O) groups is 2. The second kappa shape index (κ2) is 13.1. The van der Waals surface area contributed by atoms with Crippen molar-refractivity contribution in [3.63, 3.8) is 0 Å². The van der Waals surface area contributed by atoms with Gasteiger partial charge in [-0.05, 0) is 41.7 Å². The highest BCUT2D eigenvalue weighted by Crippen LogP contribution is 2.29. The summed E-state index contributed by atoms with van der Waals surface area (Å²) >= 11 is 0. The van der Waals surface area contributed by atoms with Gasteiger partial charge in [0.1, 0.15) is 12.3 Å². The Bertz CT molecular complexity index is 1160. The molecule has 0 aliphatic carbocycles. The fraction of sp³-hybridized carbons (Fsp3) is 0.379. The van der Waals surface area contributed by atoms with E-state index in [4.69, 9.17) is 9.84 Å². The number of hydrogen-bond donors (Lipinski definition) is 3. The van der Waals surface area contributed by atoms with Gasteiger partial charge in [-0.15, -0.1) is 0 Å². The highest BCUT2D eigenvalue weighted by atomic mass is 16.5. The number of nitrogens with zero attached hydrogens (tertiary/aromatic N) is 3. The van der Waals surface area contributed by atoms with Gasteiger partial charge in [-0.1, -0.05) is 39.0 Å². The number of rotatable bonds is 7. The van der Waals surface area contributed by atoms with E-state index in [1.54, 1.807) is 37.8 Å². The SMILES string of the molecule is COc1ccc(NC(=O)C(c2cccnc2)N(C)c2ccc(C(C)(C)C)cc2)cn1.O=CC1CC(O)CN1. The third-order valence-electron chi connectivity index (χ3n) is 6.30. The summed E-state index contributed by atoms with van der Waals surface area (Å²) in [7, 11) is 3.47. The van der Waals surface area contributed by atoms with E-state index in [9.17, 15) is 9.59 Å². The van der Waals surface area contributed by atoms with Gasteiger partial charge in [0.05, 0.1) is 31.1 Å². The van der Waals surface area contributed by atoms with Gasteiger partial charge in [0.2, 0.25) is 5.88 Å². The molecule has 1 aromatic carbocycles. The van der Waals surface area contributed by atoms with Crippen LogP contribution in [0.3, 0.4) is 0 Å². The number of amides is 1. The van der Waals surface area contributed by atoms with E-state index >= 15 is 0 Å². The van der Waals surface area contributed by atoms with Crippen LogP contribution in [0.4, 0.5) is 11.4 Å². The summed E-state index contributed by atoms with van der Waals surface area (Å²) < 4.78 is 5.08. The molecule has 1 fully saturated rings. The van der Waals surface area contributed by atoms with Gasteiger partial charge in [-0.25, -0.2) is 4.98 Å². The monoisotopic (exact) mass is 519 g/mol. The van der Waals surface area contributed by atoms with E-state index in [0.29, 0.717) is 24.5 Å². The van der Waals surface area contributed by atoms with Crippen LogP contribution in [-0.2, 0) is 15.0 Å². The predicted octanol–water partition coefficient (Wildman–Crippen LogP) is 3.51. The molecule has 38 heavy (non-hydrogen) atoms. The average molecular weight is 520 g/mol. The van der Waals surface area contributed by atoms with Crippen LogP contribution in [0.15, 0.2) is 67.1 Å². The number of aliphatic hydroxyl groups is 1. The van der Waals surface area contributed by atoms with Crippen LogP contribution in [-0.4, -0.2) is 60.1 Å². The van der Waals surface area contributed by atoms with E-state index in [1.807, 2.05) is 36.2 Å². The van der Waals surface area contributed by atoms with Crippen LogP contribution in [0.2, 0.25) is 0 Å². The van der Waals surface area contributed by atoms with Crippen LogP contribution in [0.1, 0.15) is 44.4 Å². The number of ether oxygens (including phenoxy) is 1. The first-order valence-electron chi connectivity index (χ1n) is 12.5. The summed E-state index contributed by atoms with van der Waals surface area (Å²) in [4.78, 5) is 33.6. The highest BCUT2D eigenvalue weighted by molar-refractivity contribution is 5.97. The molecule has 0 radical (unpaired) electrons. The molecule has 1 aliphatic heterocycles. The van der Waals surface area contributed by atoms with E-state index in [2.05, 4.69) is 53.5 Å². The Hall–Kier alpha value is -3.82. The molecular formula is C29H37N5O4. The average Bonchev–Trinajstić information content (AvgIpc) is 3.35. The van der Waals surface area contributed by atoms with Crippen LogP contribution in [0, 0.1) is 0 Å². The molecule has 0 bridgehead atoms. The Morgan fingerprint density at radius 2 is 1.92 bits per heavy atom. The van der Waals surface area contributed by atoms with Crippen molar-refractivity contribution < 1.29 is 19.4 Å². The van der Waals surface area contributed by atoms with Crippen molar-refractivity contribution >= 4 is 23.6 Å². The molecule has 4 rings (SSSR count). The number of aldehydes is 1. The lowest BCUT2D eigenvalue weighted by Gasteiger charge is -2.30. The zero-order valence-electron chi connectivity index (χ0n) is 22.6. The Balaban J connectivity index is 0.000000427. The third kappa shape index (κ3) is 7.84. The van der Waals surface area contributed by atoms with Gasteiger partial charge in [0.15, 0.2) is 0 Å². The van der Waals surface area contributed by atoms with Crippen LogP contribution in [0.25, 0.3) is 0 Å². The van der Waals surface area contributed by atoms with Crippen molar-refractivity contribution in [2.75, 3.05) is 30.9 Å². The van der Waals surface area contributed by atoms with Gasteiger partial charge in [-0.3, -0.25) is 9.78 Å². The van der Waals surface area contributed by atoms with E-state index in [-0.39, 0.29) is 23.5 Å². The number of carbonyl (C=O) groups excluding carboxylic acids is 2. The largest absolute Gasteiger partial charge is 0.481 e. The summed E-state index contributed by atoms with van der Waals surface area (Å²) in [6.07, 6.45) is 6.08. The van der Waals surface area contributed by atoms with Gasteiger partial charge >= 0.3 is 0 Å². The summed E-state index contributed by atoms with van der Waals surface area (Å²) in [6.45, 7) is 7.10. The maximum Gasteiger partial charge on any atom is 0.251 e. The van der Waals surface area contributed by atoms with E-state index in [0.717, 1.165) is 17.5 Å². The molecule has 1 aliphatic rings. The minimum Gasteiger partial charge on any atom is -0.481 e. The Kier molecular flexibility index (Phi) is 9.92. The van der Waals surface area contributed by atoms with Crippen LogP contribution < -0.4 is 20.3 Å². The molecule has 0 spiro atoms. The quantitative estimate of drug-likeness (QED) is 0.406. The number of pyridine rings is 2. The van der Waals surface area contributed by atoms with Crippen LogP contribution in [0.5, 0.6) is 5.88 Å². The molecule has 2 aromatic heterocycles. The molecule has 9 nitrogen and oxygen atoms in total. The molecule has 3 heterocycles. The molecule has 0 saturated carbocycles. The molecule has 3 aromatic rings. The Labute approximate surface area is 224 Å². The number of nitrogens with one attached hydrogen (secondary N) is 2. The zero-order chi connectivity index (χ0) is 27.7. The summed E-state index contributed by atoms with van der Waals surface area (Å²) in [5.74, 6) is 0.324. The molecular weight excluding hydrogens is 482 g/mol. The molecule has 3 atom stereocenters. The van der Waals surface area contributed by atoms with E-state index < -0.39 is 6.04 Å². The van der Waals surface area contributed by atoms with Crippen molar-refractivity contribution in [2.45, 2.75) is 50.8 Å². The lowest BCUT2D eigenvalue weighted by Crippen LogP contribution is -2.35. The number of aliphatic hydroxyl groups excluding tert-OH is 1. The second-order valence-electron chi connectivity index (χ2n) is 10.2. The van der Waals surface area contributed by atoms with E-state index in [1.165, 1.54) is 5.56 Å². The van der Waals surface area contributed by atoms with Crippen molar-refractivity contribution in [2.24, 2.45) is 0 Å². The Morgan fingerprint density at radius 3 is 2.39 bits per heavy atom. The Morgan fingerprint density at radius 1 is 1.18 bits per heavy atom. The molecule has 3 unspecified atom stereocenters. The summed E-state index contributed by atoms with van der Waals surface area (Å²) in [5, 5.41) is 14.6. The van der Waals surface area contributed by atoms with Gasteiger partial charge in [0.25, 0.3) is 5.91 Å². The first-order chi connectivity index (χ1) is 18.1. The predicted molar refractivity (Wildman–Crippen MR) is 148 cm³/mol.